The van der Waals surface area contributed by atoms with Gasteiger partial charge in [-0.1, -0.05) is 87.4 Å². The standard InChI is InChI=1S/C20H19OP/c1-21-15-16-9-5-6-12-18(16)19-13-7-8-14-20(19)22-17-10-3-2-4-11-17/h2-14,22H,15H2,1H3. The highest BCUT2D eigenvalue weighted by atomic mass is 31.1. The van der Waals surface area contributed by atoms with Crippen molar-refractivity contribution in [3.8, 4) is 11.1 Å². The monoisotopic (exact) mass is 306 g/mol. The Kier molecular flexibility index (Phi) is 5.00. The maximum Gasteiger partial charge on any atom is 0.0719 e. The maximum absolute atomic E-state index is 5.35. The Morgan fingerprint density at radius 2 is 1.36 bits per heavy atom. The molecule has 0 saturated heterocycles. The summed E-state index contributed by atoms with van der Waals surface area (Å²) in [5.74, 6) is 0. The zero-order chi connectivity index (χ0) is 15.2. The quantitative estimate of drug-likeness (QED) is 0.644. The Bertz CT molecular complexity index is 737. The third-order valence-corrected chi connectivity index (χ3v) is 4.91. The number of hydrogen-bond donors (Lipinski definition) is 0. The molecule has 0 saturated carbocycles. The van der Waals surface area contributed by atoms with Gasteiger partial charge in [0, 0.05) is 7.11 Å². The number of rotatable bonds is 5. The molecule has 0 aliphatic carbocycles. The van der Waals surface area contributed by atoms with E-state index in [4.69, 9.17) is 4.74 Å². The molecule has 3 rings (SSSR count). The van der Waals surface area contributed by atoms with E-state index in [0.717, 1.165) is 0 Å². The van der Waals surface area contributed by atoms with Gasteiger partial charge in [-0.05, 0) is 27.3 Å². The molecule has 2 heteroatoms. The van der Waals surface area contributed by atoms with Crippen LogP contribution in [0.5, 0.6) is 0 Å². The lowest BCUT2D eigenvalue weighted by molar-refractivity contribution is 0.185. The van der Waals surface area contributed by atoms with Crippen molar-refractivity contribution in [2.45, 2.75) is 6.61 Å². The van der Waals surface area contributed by atoms with Crippen LogP contribution in [0.2, 0.25) is 0 Å². The molecule has 0 heterocycles. The van der Waals surface area contributed by atoms with Crippen LogP contribution in [0.4, 0.5) is 0 Å². The van der Waals surface area contributed by atoms with E-state index in [2.05, 4.69) is 78.9 Å². The third kappa shape index (κ3) is 3.44. The topological polar surface area (TPSA) is 9.23 Å². The zero-order valence-corrected chi connectivity index (χ0v) is 13.6. The molecule has 3 aromatic carbocycles. The smallest absolute Gasteiger partial charge is 0.0719 e. The van der Waals surface area contributed by atoms with Crippen molar-refractivity contribution in [1.29, 1.82) is 0 Å². The molecule has 0 radical (unpaired) electrons. The van der Waals surface area contributed by atoms with E-state index in [1.807, 2.05) is 0 Å². The van der Waals surface area contributed by atoms with Gasteiger partial charge in [-0.3, -0.25) is 0 Å². The van der Waals surface area contributed by atoms with E-state index in [1.165, 1.54) is 27.3 Å². The molecule has 1 unspecified atom stereocenters. The maximum atomic E-state index is 5.35. The molecule has 22 heavy (non-hydrogen) atoms. The van der Waals surface area contributed by atoms with Crippen molar-refractivity contribution in [1.82, 2.24) is 0 Å². The fraction of sp³-hybridized carbons (Fsp3) is 0.100. The molecule has 0 spiro atoms. The van der Waals surface area contributed by atoms with Gasteiger partial charge in [0.05, 0.1) is 6.61 Å². The van der Waals surface area contributed by atoms with Crippen LogP contribution in [0.3, 0.4) is 0 Å². The summed E-state index contributed by atoms with van der Waals surface area (Å²) in [5.41, 5.74) is 3.80. The minimum Gasteiger partial charge on any atom is -0.380 e. The van der Waals surface area contributed by atoms with Crippen LogP contribution in [0.15, 0.2) is 78.9 Å². The van der Waals surface area contributed by atoms with Gasteiger partial charge in [0.2, 0.25) is 0 Å². The molecule has 3 aromatic rings. The van der Waals surface area contributed by atoms with Gasteiger partial charge in [0.1, 0.15) is 0 Å². The summed E-state index contributed by atoms with van der Waals surface area (Å²) in [6.07, 6.45) is 0. The van der Waals surface area contributed by atoms with Gasteiger partial charge in [0.15, 0.2) is 0 Å². The molecule has 0 aromatic heterocycles. The van der Waals surface area contributed by atoms with E-state index in [1.54, 1.807) is 7.11 Å². The predicted molar refractivity (Wildman–Crippen MR) is 96.6 cm³/mol. The van der Waals surface area contributed by atoms with Crippen molar-refractivity contribution in [2.75, 3.05) is 7.11 Å². The molecule has 110 valence electrons. The first kappa shape index (κ1) is 15.0. The second-order valence-electron chi connectivity index (χ2n) is 5.13. The number of benzene rings is 3. The predicted octanol–water partition coefficient (Wildman–Crippen LogP) is 4.13. The lowest BCUT2D eigenvalue weighted by atomic mass is 10.0. The van der Waals surface area contributed by atoms with Gasteiger partial charge >= 0.3 is 0 Å². The largest absolute Gasteiger partial charge is 0.380 e. The minimum atomic E-state index is 0.638. The van der Waals surface area contributed by atoms with Crippen molar-refractivity contribution in [2.24, 2.45) is 0 Å². The Morgan fingerprint density at radius 3 is 2.14 bits per heavy atom. The van der Waals surface area contributed by atoms with E-state index in [-0.39, 0.29) is 0 Å². The summed E-state index contributed by atoms with van der Waals surface area (Å²) in [7, 11) is 2.40. The molecule has 1 nitrogen and oxygen atoms in total. The van der Waals surface area contributed by atoms with Gasteiger partial charge in [0.25, 0.3) is 0 Å². The number of methoxy groups -OCH3 is 1. The lowest BCUT2D eigenvalue weighted by Gasteiger charge is -2.13. The average Bonchev–Trinajstić information content (AvgIpc) is 2.57. The van der Waals surface area contributed by atoms with Crippen molar-refractivity contribution >= 4 is 19.2 Å². The molecule has 0 bridgehead atoms. The van der Waals surface area contributed by atoms with Gasteiger partial charge in [-0.2, -0.15) is 0 Å². The molecule has 0 N–H and O–H groups in total. The second kappa shape index (κ2) is 7.35. The molecule has 0 aliphatic heterocycles. The minimum absolute atomic E-state index is 0.638. The summed E-state index contributed by atoms with van der Waals surface area (Å²) in [5, 5.41) is 2.73. The Hall–Kier alpha value is -1.95. The fourth-order valence-electron chi connectivity index (χ4n) is 2.57. The van der Waals surface area contributed by atoms with E-state index >= 15 is 0 Å². The van der Waals surface area contributed by atoms with Crippen LogP contribution in [0.25, 0.3) is 11.1 Å². The highest BCUT2D eigenvalue weighted by Gasteiger charge is 2.09. The fourth-order valence-corrected chi connectivity index (χ4v) is 3.77. The van der Waals surface area contributed by atoms with Gasteiger partial charge < -0.3 is 4.74 Å². The number of hydrogen-bond acceptors (Lipinski definition) is 1. The van der Waals surface area contributed by atoms with E-state index < -0.39 is 0 Å². The Balaban J connectivity index is 2.02. The zero-order valence-electron chi connectivity index (χ0n) is 12.6. The third-order valence-electron chi connectivity index (χ3n) is 3.59. The molecule has 0 amide bonds. The van der Waals surface area contributed by atoms with Gasteiger partial charge in [-0.25, -0.2) is 0 Å². The highest BCUT2D eigenvalue weighted by Crippen LogP contribution is 2.27. The SMILES string of the molecule is COCc1ccccc1-c1ccccc1Pc1ccccc1. The number of ether oxygens (including phenoxy) is 1. The summed E-state index contributed by atoms with van der Waals surface area (Å²) >= 11 is 0. The average molecular weight is 306 g/mol. The first-order valence-electron chi connectivity index (χ1n) is 7.37. The Morgan fingerprint density at radius 1 is 0.727 bits per heavy atom. The molecule has 1 atom stereocenters. The van der Waals surface area contributed by atoms with Crippen LogP contribution < -0.4 is 10.6 Å². The van der Waals surface area contributed by atoms with Crippen LogP contribution in [-0.4, -0.2) is 7.11 Å². The molecule has 0 aliphatic rings. The van der Waals surface area contributed by atoms with Crippen LogP contribution >= 0.6 is 8.58 Å². The highest BCUT2D eigenvalue weighted by molar-refractivity contribution is 7.55. The van der Waals surface area contributed by atoms with Crippen LogP contribution in [0.1, 0.15) is 5.56 Å². The van der Waals surface area contributed by atoms with Crippen molar-refractivity contribution in [3.05, 3.63) is 84.4 Å². The summed E-state index contributed by atoms with van der Waals surface area (Å²) < 4.78 is 5.35. The normalized spacial score (nSPS) is 11.1. The first-order valence-corrected chi connectivity index (χ1v) is 8.37. The lowest BCUT2D eigenvalue weighted by Crippen LogP contribution is -2.07. The van der Waals surface area contributed by atoms with Crippen LogP contribution in [-0.2, 0) is 11.3 Å². The van der Waals surface area contributed by atoms with Crippen LogP contribution in [0, 0.1) is 0 Å². The Labute approximate surface area is 133 Å². The first-order chi connectivity index (χ1) is 10.9. The summed E-state index contributed by atoms with van der Waals surface area (Å²) in [4.78, 5) is 0. The second-order valence-corrected chi connectivity index (χ2v) is 6.49. The van der Waals surface area contributed by atoms with Crippen molar-refractivity contribution < 1.29 is 4.74 Å². The summed E-state index contributed by atoms with van der Waals surface area (Å²) in [6.45, 7) is 0.638. The van der Waals surface area contributed by atoms with E-state index in [9.17, 15) is 0 Å². The van der Waals surface area contributed by atoms with E-state index in [0.29, 0.717) is 15.2 Å². The van der Waals surface area contributed by atoms with Crippen molar-refractivity contribution in [3.63, 3.8) is 0 Å². The molecular weight excluding hydrogens is 287 g/mol. The summed E-state index contributed by atoms with van der Waals surface area (Å²) in [6, 6.07) is 27.8. The molecule has 0 fully saturated rings. The molecular formula is C20H19OP. The van der Waals surface area contributed by atoms with Gasteiger partial charge in [-0.15, -0.1) is 0 Å².